The first-order chi connectivity index (χ1) is 14.4. The molecule has 0 radical (unpaired) electrons. The van der Waals surface area contributed by atoms with E-state index in [0.29, 0.717) is 19.4 Å². The summed E-state index contributed by atoms with van der Waals surface area (Å²) in [7, 11) is 1.77. The molecule has 162 valence electrons. The summed E-state index contributed by atoms with van der Waals surface area (Å²) < 4.78 is 30.3. The number of halogens is 2. The van der Waals surface area contributed by atoms with Crippen LogP contribution in [0.5, 0.6) is 0 Å². The first kappa shape index (κ1) is 22.2. The molecule has 0 unspecified atom stereocenters. The van der Waals surface area contributed by atoms with Gasteiger partial charge in [0, 0.05) is 37.8 Å². The third-order valence-electron chi connectivity index (χ3n) is 5.04. The predicted octanol–water partition coefficient (Wildman–Crippen LogP) is 3.70. The second-order valence-corrected chi connectivity index (χ2v) is 8.25. The minimum absolute atomic E-state index is 0.0556. The number of aryl methyl sites for hydroxylation is 1. The molecule has 1 aliphatic heterocycles. The van der Waals surface area contributed by atoms with E-state index in [9.17, 15) is 18.7 Å². The molecule has 1 aliphatic rings. The maximum absolute atomic E-state index is 14.4. The highest BCUT2D eigenvalue weighted by Gasteiger charge is 2.35. The molecular formula is C20H25F2N5O2S. The van der Waals surface area contributed by atoms with Crippen molar-refractivity contribution in [3.63, 3.8) is 0 Å². The largest absolute Gasteiger partial charge is 0.510 e. The molecule has 2 heterocycles. The SMILES string of the molecule is Cn1nnnc1SCCCCN1C(=O)CC[C@@H]1/C(O)=C\CC(F)(F)c1ccccc1. The van der Waals surface area contributed by atoms with Crippen LogP contribution >= 0.6 is 11.8 Å². The number of alkyl halides is 2. The zero-order valence-electron chi connectivity index (χ0n) is 16.7. The summed E-state index contributed by atoms with van der Waals surface area (Å²) in [5.74, 6) is -2.49. The number of aliphatic hydroxyl groups excluding tert-OH is 1. The lowest BCUT2D eigenvalue weighted by molar-refractivity contribution is -0.128. The number of aromatic nitrogens is 4. The van der Waals surface area contributed by atoms with Crippen LogP contribution in [0.3, 0.4) is 0 Å². The zero-order chi connectivity index (χ0) is 21.6. The van der Waals surface area contributed by atoms with Crippen LogP contribution in [0.2, 0.25) is 0 Å². The van der Waals surface area contributed by atoms with Gasteiger partial charge >= 0.3 is 0 Å². The number of tetrazole rings is 1. The van der Waals surface area contributed by atoms with E-state index in [1.54, 1.807) is 34.8 Å². The maximum Gasteiger partial charge on any atom is 0.276 e. The van der Waals surface area contributed by atoms with Gasteiger partial charge in [-0.1, -0.05) is 42.1 Å². The first-order valence-electron chi connectivity index (χ1n) is 9.85. The number of hydrogen-bond donors (Lipinski definition) is 1. The third kappa shape index (κ3) is 5.56. The van der Waals surface area contributed by atoms with E-state index in [1.165, 1.54) is 23.9 Å². The standard InChI is InChI=1S/C20H25F2N5O2S/c1-26-19(23-24-25-26)30-14-6-5-13-27-16(9-10-18(27)29)17(28)11-12-20(21,22)15-7-3-2-4-8-15/h2-4,7-8,11,16,28H,5-6,9-10,12-14H2,1H3/b17-11+/t16-/m1/s1. The van der Waals surface area contributed by atoms with Crippen LogP contribution in [0, 0.1) is 0 Å². The van der Waals surface area contributed by atoms with Gasteiger partial charge in [0.2, 0.25) is 11.1 Å². The van der Waals surface area contributed by atoms with Gasteiger partial charge in [0.25, 0.3) is 5.92 Å². The molecule has 30 heavy (non-hydrogen) atoms. The van der Waals surface area contributed by atoms with Crippen molar-refractivity contribution < 1.29 is 18.7 Å². The molecule has 0 aliphatic carbocycles. The van der Waals surface area contributed by atoms with E-state index < -0.39 is 18.4 Å². The summed E-state index contributed by atoms with van der Waals surface area (Å²) in [6, 6.07) is 7.00. The summed E-state index contributed by atoms with van der Waals surface area (Å²) in [6.45, 7) is 0.480. The van der Waals surface area contributed by atoms with Gasteiger partial charge in [-0.15, -0.1) is 5.10 Å². The van der Waals surface area contributed by atoms with Crippen molar-refractivity contribution >= 4 is 17.7 Å². The quantitative estimate of drug-likeness (QED) is 0.347. The molecule has 1 atom stereocenters. The van der Waals surface area contributed by atoms with Gasteiger partial charge in [-0.2, -0.15) is 0 Å². The van der Waals surface area contributed by atoms with Crippen molar-refractivity contribution in [1.82, 2.24) is 25.1 Å². The van der Waals surface area contributed by atoms with Crippen LogP contribution in [-0.4, -0.2) is 54.5 Å². The Labute approximate surface area is 178 Å². The highest BCUT2D eigenvalue weighted by molar-refractivity contribution is 7.99. The van der Waals surface area contributed by atoms with Gasteiger partial charge in [0.1, 0.15) is 5.76 Å². The Hall–Kier alpha value is -2.49. The van der Waals surface area contributed by atoms with E-state index in [2.05, 4.69) is 15.5 Å². The summed E-state index contributed by atoms with van der Waals surface area (Å²) in [6.07, 6.45) is 2.89. The van der Waals surface area contributed by atoms with Crippen molar-refractivity contribution in [3.05, 3.63) is 47.7 Å². The number of likely N-dealkylation sites (tertiary alicyclic amines) is 1. The fraction of sp³-hybridized carbons (Fsp3) is 0.500. The van der Waals surface area contributed by atoms with Crippen LogP contribution in [-0.2, 0) is 17.8 Å². The minimum Gasteiger partial charge on any atom is -0.510 e. The molecule has 1 saturated heterocycles. The molecule has 3 rings (SSSR count). The van der Waals surface area contributed by atoms with Crippen molar-refractivity contribution in [1.29, 1.82) is 0 Å². The third-order valence-corrected chi connectivity index (χ3v) is 6.14. The lowest BCUT2D eigenvalue weighted by Crippen LogP contribution is -2.35. The lowest BCUT2D eigenvalue weighted by Gasteiger charge is -2.25. The number of unbranched alkanes of at least 4 members (excludes halogenated alkanes) is 1. The number of amides is 1. The molecule has 0 spiro atoms. The molecule has 1 aromatic carbocycles. The van der Waals surface area contributed by atoms with Gasteiger partial charge in [-0.3, -0.25) is 4.79 Å². The monoisotopic (exact) mass is 437 g/mol. The smallest absolute Gasteiger partial charge is 0.276 e. The summed E-state index contributed by atoms with van der Waals surface area (Å²) in [5, 5.41) is 22.4. The van der Waals surface area contributed by atoms with Crippen LogP contribution in [0.25, 0.3) is 0 Å². The normalized spacial score (nSPS) is 17.7. The van der Waals surface area contributed by atoms with Gasteiger partial charge in [-0.05, 0) is 35.8 Å². The van der Waals surface area contributed by atoms with Crippen molar-refractivity contribution in [2.24, 2.45) is 7.05 Å². The van der Waals surface area contributed by atoms with Gasteiger partial charge < -0.3 is 10.0 Å². The fourth-order valence-corrected chi connectivity index (χ4v) is 4.23. The van der Waals surface area contributed by atoms with Crippen molar-refractivity contribution in [2.75, 3.05) is 12.3 Å². The lowest BCUT2D eigenvalue weighted by atomic mass is 10.0. The van der Waals surface area contributed by atoms with Crippen molar-refractivity contribution in [3.8, 4) is 0 Å². The topological polar surface area (TPSA) is 84.1 Å². The number of thioether (sulfide) groups is 1. The Bertz CT molecular complexity index is 875. The van der Waals surface area contributed by atoms with E-state index in [0.717, 1.165) is 29.8 Å². The minimum atomic E-state index is -3.07. The van der Waals surface area contributed by atoms with Gasteiger partial charge in [-0.25, -0.2) is 13.5 Å². The van der Waals surface area contributed by atoms with E-state index >= 15 is 0 Å². The summed E-state index contributed by atoms with van der Waals surface area (Å²) >= 11 is 1.53. The Morgan fingerprint density at radius 1 is 1.33 bits per heavy atom. The zero-order valence-corrected chi connectivity index (χ0v) is 17.6. The average molecular weight is 438 g/mol. The van der Waals surface area contributed by atoms with Gasteiger partial charge in [0.05, 0.1) is 6.04 Å². The number of carbonyl (C=O) groups is 1. The highest BCUT2D eigenvalue weighted by atomic mass is 32.2. The number of rotatable bonds is 10. The number of aliphatic hydroxyl groups is 1. The molecule has 2 aromatic rings. The molecule has 7 nitrogen and oxygen atoms in total. The maximum atomic E-state index is 14.4. The molecule has 0 saturated carbocycles. The molecule has 1 amide bonds. The number of nitrogens with zero attached hydrogens (tertiary/aromatic N) is 5. The number of allylic oxidation sites excluding steroid dienone is 1. The molecule has 10 heteroatoms. The van der Waals surface area contributed by atoms with Crippen LogP contribution in [0.1, 0.15) is 37.7 Å². The number of benzene rings is 1. The molecule has 1 aromatic heterocycles. The second kappa shape index (κ2) is 10.0. The van der Waals surface area contributed by atoms with E-state index in [-0.39, 0.29) is 17.2 Å². The molecule has 1 N–H and O–H groups in total. The molecule has 0 bridgehead atoms. The fourth-order valence-electron chi connectivity index (χ4n) is 3.38. The Balaban J connectivity index is 1.50. The predicted molar refractivity (Wildman–Crippen MR) is 109 cm³/mol. The number of carbonyl (C=O) groups excluding carboxylic acids is 1. The molecular weight excluding hydrogens is 412 g/mol. The Morgan fingerprint density at radius 2 is 2.10 bits per heavy atom. The second-order valence-electron chi connectivity index (χ2n) is 7.19. The Kier molecular flexibility index (Phi) is 7.41. The van der Waals surface area contributed by atoms with Gasteiger partial charge in [0.15, 0.2) is 0 Å². The summed E-state index contributed by atoms with van der Waals surface area (Å²) in [5.41, 5.74) is -0.0935. The van der Waals surface area contributed by atoms with Crippen LogP contribution < -0.4 is 0 Å². The van der Waals surface area contributed by atoms with E-state index in [1.807, 2.05) is 0 Å². The molecule has 1 fully saturated rings. The van der Waals surface area contributed by atoms with Crippen LogP contribution in [0.4, 0.5) is 8.78 Å². The average Bonchev–Trinajstić information content (AvgIpc) is 3.32. The first-order valence-corrected chi connectivity index (χ1v) is 10.8. The van der Waals surface area contributed by atoms with Crippen LogP contribution in [0.15, 0.2) is 47.3 Å². The highest BCUT2D eigenvalue weighted by Crippen LogP contribution is 2.33. The Morgan fingerprint density at radius 3 is 2.80 bits per heavy atom. The summed E-state index contributed by atoms with van der Waals surface area (Å²) in [4.78, 5) is 13.8. The van der Waals surface area contributed by atoms with Crippen molar-refractivity contribution in [2.45, 2.75) is 49.2 Å². The van der Waals surface area contributed by atoms with E-state index in [4.69, 9.17) is 0 Å². The number of hydrogen-bond acceptors (Lipinski definition) is 6.